The van der Waals surface area contributed by atoms with Crippen molar-refractivity contribution >= 4 is 27.0 Å². The molecular formula is C19H14O4S2. The van der Waals surface area contributed by atoms with Gasteiger partial charge in [0, 0.05) is 0 Å². The Morgan fingerprint density at radius 2 is 1.80 bits per heavy atom. The Hall–Kier alpha value is -2.44. The van der Waals surface area contributed by atoms with Crippen LogP contribution in [0.1, 0.15) is 26.4 Å². The van der Waals surface area contributed by atoms with Gasteiger partial charge >= 0.3 is 0 Å². The summed E-state index contributed by atoms with van der Waals surface area (Å²) in [5.74, 6) is -0.145. The Bertz CT molecular complexity index is 1050. The van der Waals surface area contributed by atoms with E-state index in [1.54, 1.807) is 23.6 Å². The molecule has 0 aliphatic carbocycles. The van der Waals surface area contributed by atoms with E-state index in [2.05, 4.69) is 0 Å². The molecule has 4 nitrogen and oxygen atoms in total. The average molecular weight is 370 g/mol. The molecule has 0 atom stereocenters. The highest BCUT2D eigenvalue weighted by molar-refractivity contribution is 7.90. The van der Waals surface area contributed by atoms with E-state index in [0.29, 0.717) is 16.2 Å². The van der Waals surface area contributed by atoms with Gasteiger partial charge in [-0.05, 0) is 34.7 Å². The molecule has 0 N–H and O–H groups in total. The van der Waals surface area contributed by atoms with E-state index >= 15 is 0 Å². The lowest BCUT2D eigenvalue weighted by Crippen LogP contribution is -2.09. The van der Waals surface area contributed by atoms with Crippen LogP contribution in [0.15, 0.2) is 64.9 Å². The second-order valence-corrected chi connectivity index (χ2v) is 8.64. The SMILES string of the molecule is O=C1c2sccc2CS(=O)(=O)c2cccc(OCc3ccccc3)c21. The first-order valence-corrected chi connectivity index (χ1v) is 10.2. The molecule has 25 heavy (non-hydrogen) atoms. The van der Waals surface area contributed by atoms with Crippen LogP contribution in [0.5, 0.6) is 5.75 Å². The van der Waals surface area contributed by atoms with Gasteiger partial charge in [0.2, 0.25) is 5.78 Å². The first kappa shape index (κ1) is 16.1. The maximum atomic E-state index is 13.0. The fourth-order valence-corrected chi connectivity index (χ4v) is 5.45. The molecule has 0 bridgehead atoms. The molecule has 3 aromatic rings. The predicted molar refractivity (Wildman–Crippen MR) is 95.9 cm³/mol. The lowest BCUT2D eigenvalue weighted by atomic mass is 10.1. The van der Waals surface area contributed by atoms with Crippen molar-refractivity contribution < 1.29 is 17.9 Å². The number of carbonyl (C=O) groups is 1. The third-order valence-corrected chi connectivity index (χ3v) is 6.74. The quantitative estimate of drug-likeness (QED) is 0.703. The number of benzene rings is 2. The molecular weight excluding hydrogens is 356 g/mol. The molecule has 0 unspecified atom stereocenters. The van der Waals surface area contributed by atoms with Crippen molar-refractivity contribution in [1.82, 2.24) is 0 Å². The highest BCUT2D eigenvalue weighted by Crippen LogP contribution is 2.37. The smallest absolute Gasteiger partial charge is 0.208 e. The van der Waals surface area contributed by atoms with Crippen LogP contribution < -0.4 is 4.74 Å². The van der Waals surface area contributed by atoms with Gasteiger partial charge in [0.1, 0.15) is 12.4 Å². The Balaban J connectivity index is 1.81. The minimum Gasteiger partial charge on any atom is -0.488 e. The number of sulfone groups is 1. The van der Waals surface area contributed by atoms with Crippen molar-refractivity contribution in [3.63, 3.8) is 0 Å². The molecule has 126 valence electrons. The van der Waals surface area contributed by atoms with Crippen LogP contribution in [0.3, 0.4) is 0 Å². The maximum Gasteiger partial charge on any atom is 0.208 e. The lowest BCUT2D eigenvalue weighted by Gasteiger charge is -2.13. The zero-order valence-electron chi connectivity index (χ0n) is 13.1. The average Bonchev–Trinajstić information content (AvgIpc) is 3.04. The van der Waals surface area contributed by atoms with E-state index in [4.69, 9.17) is 4.74 Å². The second-order valence-electron chi connectivity index (χ2n) is 5.77. The Labute approximate surface area is 149 Å². The molecule has 2 heterocycles. The van der Waals surface area contributed by atoms with Crippen molar-refractivity contribution in [1.29, 1.82) is 0 Å². The van der Waals surface area contributed by atoms with Crippen molar-refractivity contribution in [3.8, 4) is 5.75 Å². The van der Waals surface area contributed by atoms with Crippen LogP contribution in [-0.4, -0.2) is 14.2 Å². The van der Waals surface area contributed by atoms with Gasteiger partial charge in [-0.25, -0.2) is 8.42 Å². The van der Waals surface area contributed by atoms with E-state index in [0.717, 1.165) is 5.56 Å². The maximum absolute atomic E-state index is 13.0. The van der Waals surface area contributed by atoms with Gasteiger partial charge in [0.05, 0.1) is 21.1 Å². The number of rotatable bonds is 3. The van der Waals surface area contributed by atoms with Gasteiger partial charge in [-0.2, -0.15) is 0 Å². The fourth-order valence-electron chi connectivity index (χ4n) is 2.89. The van der Waals surface area contributed by atoms with Crippen LogP contribution in [0.25, 0.3) is 0 Å². The predicted octanol–water partition coefficient (Wildman–Crippen LogP) is 3.85. The minimum atomic E-state index is -3.59. The lowest BCUT2D eigenvalue weighted by molar-refractivity contribution is 0.103. The van der Waals surface area contributed by atoms with Gasteiger partial charge in [0.25, 0.3) is 0 Å². The summed E-state index contributed by atoms with van der Waals surface area (Å²) in [6.45, 7) is 0.266. The Morgan fingerprint density at radius 3 is 2.60 bits per heavy atom. The molecule has 0 spiro atoms. The molecule has 2 aromatic carbocycles. The van der Waals surface area contributed by atoms with E-state index in [-0.39, 0.29) is 28.6 Å². The zero-order chi connectivity index (χ0) is 17.4. The largest absolute Gasteiger partial charge is 0.488 e. The van der Waals surface area contributed by atoms with Crippen LogP contribution in [0, 0.1) is 0 Å². The van der Waals surface area contributed by atoms with Crippen LogP contribution in [0.4, 0.5) is 0 Å². The summed E-state index contributed by atoms with van der Waals surface area (Å²) in [6, 6.07) is 16.0. The first-order valence-electron chi connectivity index (χ1n) is 7.70. The molecule has 1 aliphatic rings. The summed E-state index contributed by atoms with van der Waals surface area (Å²) < 4.78 is 31.3. The van der Waals surface area contributed by atoms with Gasteiger partial charge in [-0.15, -0.1) is 11.3 Å². The number of carbonyl (C=O) groups excluding carboxylic acids is 1. The second kappa shape index (κ2) is 6.13. The highest BCUT2D eigenvalue weighted by Gasteiger charge is 2.33. The zero-order valence-corrected chi connectivity index (χ0v) is 14.8. The van der Waals surface area contributed by atoms with Gasteiger partial charge < -0.3 is 4.74 Å². The Morgan fingerprint density at radius 1 is 1.00 bits per heavy atom. The van der Waals surface area contributed by atoms with Gasteiger partial charge in [0.15, 0.2) is 9.84 Å². The summed E-state index contributed by atoms with van der Waals surface area (Å²) in [5.41, 5.74) is 1.64. The van der Waals surface area contributed by atoms with Crippen LogP contribution in [-0.2, 0) is 22.2 Å². The van der Waals surface area contributed by atoms with E-state index < -0.39 is 9.84 Å². The van der Waals surface area contributed by atoms with Crippen molar-refractivity contribution in [3.05, 3.63) is 81.5 Å². The monoisotopic (exact) mass is 370 g/mol. The van der Waals surface area contributed by atoms with Crippen LogP contribution >= 0.6 is 11.3 Å². The van der Waals surface area contributed by atoms with Gasteiger partial charge in [-0.1, -0.05) is 36.4 Å². The molecule has 0 saturated heterocycles. The van der Waals surface area contributed by atoms with Crippen molar-refractivity contribution in [2.45, 2.75) is 17.3 Å². The standard InChI is InChI=1S/C19H14O4S2/c20-18-17-15(23-11-13-5-2-1-3-6-13)7-4-8-16(17)25(21,22)12-14-9-10-24-19(14)18/h1-10H,11-12H2. The number of ether oxygens (including phenoxy) is 1. The molecule has 0 fully saturated rings. The van der Waals surface area contributed by atoms with E-state index in [1.165, 1.54) is 17.4 Å². The topological polar surface area (TPSA) is 60.4 Å². The molecule has 0 radical (unpaired) electrons. The molecule has 1 aliphatic heterocycles. The van der Waals surface area contributed by atoms with E-state index in [9.17, 15) is 13.2 Å². The number of hydrogen-bond donors (Lipinski definition) is 0. The summed E-state index contributed by atoms with van der Waals surface area (Å²) in [5, 5.41) is 1.75. The third kappa shape index (κ3) is 2.88. The fraction of sp³-hybridized carbons (Fsp3) is 0.105. The van der Waals surface area contributed by atoms with E-state index in [1.807, 2.05) is 30.3 Å². The van der Waals surface area contributed by atoms with Crippen LogP contribution in [0.2, 0.25) is 0 Å². The normalized spacial score (nSPS) is 15.1. The van der Waals surface area contributed by atoms with Crippen molar-refractivity contribution in [2.24, 2.45) is 0 Å². The molecule has 0 amide bonds. The number of fused-ring (bicyclic) bond motifs is 2. The van der Waals surface area contributed by atoms with Gasteiger partial charge in [-0.3, -0.25) is 4.79 Å². The molecule has 4 rings (SSSR count). The molecule has 0 saturated carbocycles. The summed E-state index contributed by atoms with van der Waals surface area (Å²) in [4.78, 5) is 13.5. The Kier molecular flexibility index (Phi) is 3.94. The summed E-state index contributed by atoms with van der Waals surface area (Å²) in [7, 11) is -3.59. The minimum absolute atomic E-state index is 0.0476. The summed E-state index contributed by atoms with van der Waals surface area (Å²) >= 11 is 1.26. The third-order valence-electron chi connectivity index (χ3n) is 4.09. The summed E-state index contributed by atoms with van der Waals surface area (Å²) in [6.07, 6.45) is 0. The number of hydrogen-bond acceptors (Lipinski definition) is 5. The molecule has 6 heteroatoms. The molecule has 1 aromatic heterocycles. The number of thiophene rings is 1. The van der Waals surface area contributed by atoms with Crippen molar-refractivity contribution in [2.75, 3.05) is 0 Å². The first-order chi connectivity index (χ1) is 12.1. The number of ketones is 1. The highest BCUT2D eigenvalue weighted by atomic mass is 32.2.